The molecule has 1 rings (SSSR count). The Morgan fingerprint density at radius 1 is 1.10 bits per heavy atom. The summed E-state index contributed by atoms with van der Waals surface area (Å²) in [6.07, 6.45) is 0.439. The highest BCUT2D eigenvalue weighted by molar-refractivity contribution is 5.96. The van der Waals surface area contributed by atoms with Crippen LogP contribution in [0.25, 0.3) is 0 Å². The number of carbonyl (C=O) groups excluding carboxylic acids is 1. The Bertz CT molecular complexity index is 404. The van der Waals surface area contributed by atoms with E-state index in [-0.39, 0.29) is 19.0 Å². The predicted molar refractivity (Wildman–Crippen MR) is 82.4 cm³/mol. The zero-order valence-corrected chi connectivity index (χ0v) is 13.3. The van der Waals surface area contributed by atoms with E-state index in [2.05, 4.69) is 0 Å². The van der Waals surface area contributed by atoms with Gasteiger partial charge in [0.25, 0.3) is 0 Å². The number of ether oxygens (including phenoxy) is 3. The Morgan fingerprint density at radius 2 is 1.76 bits per heavy atom. The van der Waals surface area contributed by atoms with E-state index in [1.54, 1.807) is 25.3 Å². The number of hydrogen-bond acceptors (Lipinski definition) is 5. The lowest BCUT2D eigenvalue weighted by molar-refractivity contribution is 0.0987. The van der Waals surface area contributed by atoms with Gasteiger partial charge >= 0.3 is 0 Å². The summed E-state index contributed by atoms with van der Waals surface area (Å²) >= 11 is 0. The molecule has 0 heterocycles. The number of hydrogen-bond donors (Lipinski definition) is 1. The van der Waals surface area contributed by atoms with Crippen LogP contribution in [-0.4, -0.2) is 44.4 Å². The molecule has 5 nitrogen and oxygen atoms in total. The standard InChI is InChI=1S/C14H20O5.C2H6/c1-3-12(16)11-4-5-13(18-7-6-15)14(10-11)19-9-8-17-2;1-2/h4-5,10,15H,3,6-9H2,1-2H3;1-2H3. The average Bonchev–Trinajstić information content (AvgIpc) is 2.54. The zero-order chi connectivity index (χ0) is 16.1. The van der Waals surface area contributed by atoms with Crippen molar-refractivity contribution < 1.29 is 24.1 Å². The maximum absolute atomic E-state index is 11.7. The van der Waals surface area contributed by atoms with Crippen molar-refractivity contribution in [2.45, 2.75) is 27.2 Å². The summed E-state index contributed by atoms with van der Waals surface area (Å²) in [6, 6.07) is 5.04. The van der Waals surface area contributed by atoms with Gasteiger partial charge in [-0.2, -0.15) is 0 Å². The average molecular weight is 298 g/mol. The van der Waals surface area contributed by atoms with Crippen molar-refractivity contribution in [3.63, 3.8) is 0 Å². The largest absolute Gasteiger partial charge is 0.487 e. The minimum atomic E-state index is -0.0762. The van der Waals surface area contributed by atoms with Gasteiger partial charge in [0, 0.05) is 19.1 Å². The minimum Gasteiger partial charge on any atom is -0.487 e. The van der Waals surface area contributed by atoms with E-state index in [1.807, 2.05) is 20.8 Å². The first-order chi connectivity index (χ1) is 10.2. The van der Waals surface area contributed by atoms with Crippen LogP contribution in [0.5, 0.6) is 11.5 Å². The molecular formula is C16H26O5. The Labute approximate surface area is 126 Å². The summed E-state index contributed by atoms with van der Waals surface area (Å²) in [5.41, 5.74) is 0.589. The minimum absolute atomic E-state index is 0.0466. The monoisotopic (exact) mass is 298 g/mol. The molecule has 0 aliphatic carbocycles. The Morgan fingerprint density at radius 3 is 2.33 bits per heavy atom. The van der Waals surface area contributed by atoms with Gasteiger partial charge in [-0.15, -0.1) is 0 Å². The van der Waals surface area contributed by atoms with Gasteiger partial charge in [0.1, 0.15) is 13.2 Å². The van der Waals surface area contributed by atoms with Gasteiger partial charge in [-0.1, -0.05) is 20.8 Å². The molecule has 0 fully saturated rings. The predicted octanol–water partition coefficient (Wildman–Crippen LogP) is 2.70. The molecule has 0 saturated carbocycles. The highest BCUT2D eigenvalue weighted by Gasteiger charge is 2.10. The van der Waals surface area contributed by atoms with Gasteiger partial charge in [0.2, 0.25) is 0 Å². The molecule has 5 heteroatoms. The summed E-state index contributed by atoms with van der Waals surface area (Å²) in [5, 5.41) is 8.77. The van der Waals surface area contributed by atoms with Crippen molar-refractivity contribution >= 4 is 5.78 Å². The molecule has 0 saturated heterocycles. The maximum Gasteiger partial charge on any atom is 0.162 e. The molecule has 120 valence electrons. The van der Waals surface area contributed by atoms with Gasteiger partial charge in [0.15, 0.2) is 17.3 Å². The molecule has 0 spiro atoms. The molecule has 0 aliphatic heterocycles. The van der Waals surface area contributed by atoms with Crippen molar-refractivity contribution in [3.05, 3.63) is 23.8 Å². The number of methoxy groups -OCH3 is 1. The number of ketones is 1. The summed E-state index contributed by atoms with van der Waals surface area (Å²) in [6.45, 7) is 6.74. The van der Waals surface area contributed by atoms with Gasteiger partial charge < -0.3 is 19.3 Å². The molecule has 0 unspecified atom stereocenters. The van der Waals surface area contributed by atoms with E-state index >= 15 is 0 Å². The third-order valence-corrected chi connectivity index (χ3v) is 2.48. The Kier molecular flexibility index (Phi) is 11.3. The second kappa shape index (κ2) is 12.2. The first-order valence-corrected chi connectivity index (χ1v) is 7.25. The van der Waals surface area contributed by atoms with E-state index in [4.69, 9.17) is 19.3 Å². The van der Waals surface area contributed by atoms with Crippen LogP contribution in [-0.2, 0) is 4.74 Å². The molecule has 0 radical (unpaired) electrons. The van der Waals surface area contributed by atoms with Crippen LogP contribution in [0.15, 0.2) is 18.2 Å². The first kappa shape index (κ1) is 19.4. The van der Waals surface area contributed by atoms with E-state index < -0.39 is 0 Å². The molecule has 1 aromatic carbocycles. The quantitative estimate of drug-likeness (QED) is 0.561. The van der Waals surface area contributed by atoms with Crippen LogP contribution in [0.3, 0.4) is 0 Å². The molecule has 21 heavy (non-hydrogen) atoms. The van der Waals surface area contributed by atoms with Gasteiger partial charge in [-0.25, -0.2) is 0 Å². The van der Waals surface area contributed by atoms with E-state index in [0.717, 1.165) is 0 Å². The smallest absolute Gasteiger partial charge is 0.162 e. The van der Waals surface area contributed by atoms with Gasteiger partial charge in [-0.05, 0) is 18.2 Å². The topological polar surface area (TPSA) is 65.0 Å². The fourth-order valence-electron chi connectivity index (χ4n) is 1.51. The molecule has 0 atom stereocenters. The van der Waals surface area contributed by atoms with Crippen LogP contribution < -0.4 is 9.47 Å². The van der Waals surface area contributed by atoms with Crippen LogP contribution in [0.1, 0.15) is 37.6 Å². The molecule has 1 N–H and O–H groups in total. The highest BCUT2D eigenvalue weighted by Crippen LogP contribution is 2.29. The lowest BCUT2D eigenvalue weighted by Gasteiger charge is -2.13. The number of aliphatic hydroxyl groups excluding tert-OH is 1. The van der Waals surface area contributed by atoms with Crippen molar-refractivity contribution in [1.82, 2.24) is 0 Å². The van der Waals surface area contributed by atoms with Crippen molar-refractivity contribution in [1.29, 1.82) is 0 Å². The van der Waals surface area contributed by atoms with Crippen LogP contribution in [0, 0.1) is 0 Å². The lowest BCUT2D eigenvalue weighted by Crippen LogP contribution is -2.08. The summed E-state index contributed by atoms with van der Waals surface area (Å²) in [7, 11) is 1.59. The van der Waals surface area contributed by atoms with Crippen molar-refractivity contribution in [3.8, 4) is 11.5 Å². The molecule has 1 aromatic rings. The molecule has 0 aromatic heterocycles. The fraction of sp³-hybridized carbons (Fsp3) is 0.562. The Hall–Kier alpha value is -1.59. The molecule has 0 aliphatic rings. The molecule has 0 bridgehead atoms. The number of aliphatic hydroxyl groups is 1. The SMILES string of the molecule is CC.CCC(=O)c1ccc(OCCO)c(OCCOC)c1. The van der Waals surface area contributed by atoms with E-state index in [9.17, 15) is 4.79 Å². The third kappa shape index (κ3) is 7.11. The Balaban J connectivity index is 0.00000191. The zero-order valence-electron chi connectivity index (χ0n) is 13.3. The third-order valence-electron chi connectivity index (χ3n) is 2.48. The molecule has 0 amide bonds. The van der Waals surface area contributed by atoms with Gasteiger partial charge in [0.05, 0.1) is 13.2 Å². The van der Waals surface area contributed by atoms with Crippen molar-refractivity contribution in [2.75, 3.05) is 33.5 Å². The van der Waals surface area contributed by atoms with E-state index in [0.29, 0.717) is 36.7 Å². The van der Waals surface area contributed by atoms with Crippen LogP contribution in [0.4, 0.5) is 0 Å². The summed E-state index contributed by atoms with van der Waals surface area (Å²) < 4.78 is 15.8. The van der Waals surface area contributed by atoms with Crippen molar-refractivity contribution in [2.24, 2.45) is 0 Å². The maximum atomic E-state index is 11.7. The number of Topliss-reactive ketones (excluding diaryl/α,β-unsaturated/α-hetero) is 1. The molecular weight excluding hydrogens is 272 g/mol. The highest BCUT2D eigenvalue weighted by atomic mass is 16.5. The number of rotatable bonds is 9. The van der Waals surface area contributed by atoms with Crippen LogP contribution >= 0.6 is 0 Å². The summed E-state index contributed by atoms with van der Waals surface area (Å²) in [5.74, 6) is 1.05. The lowest BCUT2D eigenvalue weighted by atomic mass is 10.1. The number of benzene rings is 1. The van der Waals surface area contributed by atoms with E-state index in [1.165, 1.54) is 0 Å². The number of carbonyl (C=O) groups is 1. The normalized spacial score (nSPS) is 9.57. The van der Waals surface area contributed by atoms with Crippen LogP contribution in [0.2, 0.25) is 0 Å². The summed E-state index contributed by atoms with van der Waals surface area (Å²) in [4.78, 5) is 11.7. The first-order valence-electron chi connectivity index (χ1n) is 7.25. The fourth-order valence-corrected chi connectivity index (χ4v) is 1.51. The second-order valence-corrected chi connectivity index (χ2v) is 3.85. The second-order valence-electron chi connectivity index (χ2n) is 3.85. The van der Waals surface area contributed by atoms with Gasteiger partial charge in [-0.3, -0.25) is 4.79 Å².